The molecule has 10 N–H and O–H groups in total. The number of carboxylic acids is 1. The molecule has 0 heterocycles. The van der Waals surface area contributed by atoms with Crippen LogP contribution in [-0.4, -0.2) is 76.8 Å². The zero-order valence-electron chi connectivity index (χ0n) is 16.7. The van der Waals surface area contributed by atoms with E-state index in [9.17, 15) is 28.8 Å². The van der Waals surface area contributed by atoms with Crippen LogP contribution in [0.5, 0.6) is 0 Å². The Kier molecular flexibility index (Phi) is 12.1. The molecule has 0 aliphatic carbocycles. The maximum absolute atomic E-state index is 12.6. The van der Waals surface area contributed by atoms with Crippen LogP contribution in [0.2, 0.25) is 0 Å². The van der Waals surface area contributed by atoms with Gasteiger partial charge in [0.25, 0.3) is 0 Å². The van der Waals surface area contributed by atoms with Crippen LogP contribution in [0.4, 0.5) is 0 Å². The standard InChI is InChI=1S/C16H28N6O7S/c1-7(17)13(25)21-9(5-11(18)23)15(27)20-8(3-4-30-2)14(26)22-10(16(28)29)6-12(19)24/h7-10H,3-6,17H2,1-2H3,(H2,18,23)(H2,19,24)(H,20,27)(H,21,25)(H,22,26)(H,28,29). The predicted octanol–water partition coefficient (Wildman–Crippen LogP) is -3.62. The van der Waals surface area contributed by atoms with E-state index in [1.54, 1.807) is 6.26 Å². The van der Waals surface area contributed by atoms with Crippen LogP contribution in [0.15, 0.2) is 0 Å². The van der Waals surface area contributed by atoms with Crippen molar-refractivity contribution in [2.45, 2.75) is 50.4 Å². The van der Waals surface area contributed by atoms with Crippen LogP contribution in [-0.2, 0) is 28.8 Å². The summed E-state index contributed by atoms with van der Waals surface area (Å²) in [4.78, 5) is 70.3. The van der Waals surface area contributed by atoms with Gasteiger partial charge in [0.05, 0.1) is 18.9 Å². The van der Waals surface area contributed by atoms with Gasteiger partial charge in [-0.2, -0.15) is 11.8 Å². The maximum atomic E-state index is 12.6. The zero-order valence-corrected chi connectivity index (χ0v) is 17.5. The topological polar surface area (TPSA) is 237 Å². The van der Waals surface area contributed by atoms with Crippen LogP contribution >= 0.6 is 11.8 Å². The molecule has 0 aliphatic rings. The third-order valence-corrected chi connectivity index (χ3v) is 4.36. The lowest BCUT2D eigenvalue weighted by atomic mass is 10.1. The molecule has 170 valence electrons. The van der Waals surface area contributed by atoms with Gasteiger partial charge >= 0.3 is 5.97 Å². The molecule has 0 fully saturated rings. The van der Waals surface area contributed by atoms with Gasteiger partial charge in [0.2, 0.25) is 29.5 Å². The summed E-state index contributed by atoms with van der Waals surface area (Å²) in [7, 11) is 0. The molecule has 0 radical (unpaired) electrons. The molecule has 13 nitrogen and oxygen atoms in total. The molecular formula is C16H28N6O7S. The predicted molar refractivity (Wildman–Crippen MR) is 108 cm³/mol. The highest BCUT2D eigenvalue weighted by molar-refractivity contribution is 7.98. The van der Waals surface area contributed by atoms with Gasteiger partial charge in [-0.15, -0.1) is 0 Å². The van der Waals surface area contributed by atoms with E-state index >= 15 is 0 Å². The van der Waals surface area contributed by atoms with Gasteiger partial charge in [-0.05, 0) is 25.4 Å². The summed E-state index contributed by atoms with van der Waals surface area (Å²) in [5.74, 6) is -5.35. The Morgan fingerprint density at radius 2 is 1.27 bits per heavy atom. The third kappa shape index (κ3) is 10.6. The number of nitrogens with two attached hydrogens (primary N) is 3. The maximum Gasteiger partial charge on any atom is 0.326 e. The van der Waals surface area contributed by atoms with Gasteiger partial charge in [-0.3, -0.25) is 24.0 Å². The lowest BCUT2D eigenvalue weighted by molar-refractivity contribution is -0.143. The molecule has 4 unspecified atom stereocenters. The summed E-state index contributed by atoms with van der Waals surface area (Å²) in [5.41, 5.74) is 15.5. The van der Waals surface area contributed by atoms with Gasteiger partial charge in [0.1, 0.15) is 18.1 Å². The van der Waals surface area contributed by atoms with E-state index < -0.39 is 72.5 Å². The Labute approximate surface area is 177 Å². The molecule has 4 atom stereocenters. The van der Waals surface area contributed by atoms with E-state index in [1.807, 2.05) is 0 Å². The fourth-order valence-electron chi connectivity index (χ4n) is 2.16. The Morgan fingerprint density at radius 1 is 0.833 bits per heavy atom. The summed E-state index contributed by atoms with van der Waals surface area (Å²) in [5, 5.41) is 15.9. The zero-order chi connectivity index (χ0) is 23.4. The van der Waals surface area contributed by atoms with Crippen LogP contribution in [0, 0.1) is 0 Å². The largest absolute Gasteiger partial charge is 0.480 e. The van der Waals surface area contributed by atoms with Gasteiger partial charge in [-0.1, -0.05) is 0 Å². The normalized spacial score (nSPS) is 14.5. The van der Waals surface area contributed by atoms with Gasteiger partial charge in [0.15, 0.2) is 0 Å². The van der Waals surface area contributed by atoms with Crippen molar-refractivity contribution in [1.82, 2.24) is 16.0 Å². The van der Waals surface area contributed by atoms with E-state index in [1.165, 1.54) is 18.7 Å². The summed E-state index contributed by atoms with van der Waals surface area (Å²) in [6, 6.07) is -5.13. The van der Waals surface area contributed by atoms with Gasteiger partial charge in [0, 0.05) is 0 Å². The molecular weight excluding hydrogens is 420 g/mol. The van der Waals surface area contributed by atoms with Crippen molar-refractivity contribution in [3.05, 3.63) is 0 Å². The monoisotopic (exact) mass is 448 g/mol. The van der Waals surface area contributed by atoms with E-state index in [0.717, 1.165) is 0 Å². The second kappa shape index (κ2) is 13.4. The molecule has 0 saturated carbocycles. The minimum absolute atomic E-state index is 0.103. The quantitative estimate of drug-likeness (QED) is 0.139. The Morgan fingerprint density at radius 3 is 1.70 bits per heavy atom. The molecule has 0 aromatic heterocycles. The SMILES string of the molecule is CSCCC(NC(=O)C(CC(N)=O)NC(=O)C(C)N)C(=O)NC(CC(N)=O)C(=O)O. The number of carboxylic acid groups (broad SMARTS) is 1. The summed E-state index contributed by atoms with van der Waals surface area (Å²) >= 11 is 1.36. The van der Waals surface area contributed by atoms with E-state index in [4.69, 9.17) is 22.3 Å². The van der Waals surface area contributed by atoms with Crippen LogP contribution in [0.25, 0.3) is 0 Å². The lowest BCUT2D eigenvalue weighted by Gasteiger charge is -2.24. The van der Waals surface area contributed by atoms with Gasteiger partial charge in [-0.25, -0.2) is 4.79 Å². The average molecular weight is 449 g/mol. The van der Waals surface area contributed by atoms with Crippen molar-refractivity contribution in [2.24, 2.45) is 17.2 Å². The number of primary amides is 2. The lowest BCUT2D eigenvalue weighted by Crippen LogP contribution is -2.57. The van der Waals surface area contributed by atoms with E-state index in [2.05, 4.69) is 16.0 Å². The van der Waals surface area contributed by atoms with Crippen molar-refractivity contribution in [3.8, 4) is 0 Å². The molecule has 0 spiro atoms. The van der Waals surface area contributed by atoms with E-state index in [0.29, 0.717) is 5.75 Å². The fourth-order valence-corrected chi connectivity index (χ4v) is 2.64. The van der Waals surface area contributed by atoms with Crippen molar-refractivity contribution >= 4 is 47.3 Å². The smallest absolute Gasteiger partial charge is 0.326 e. The minimum Gasteiger partial charge on any atom is -0.480 e. The highest BCUT2D eigenvalue weighted by Gasteiger charge is 2.31. The summed E-state index contributed by atoms with van der Waals surface area (Å²) < 4.78 is 0. The number of amides is 5. The Bertz CT molecular complexity index is 672. The first kappa shape index (κ1) is 27.1. The van der Waals surface area contributed by atoms with Gasteiger partial charge < -0.3 is 38.3 Å². The number of thioether (sulfide) groups is 1. The number of carbonyl (C=O) groups excluding carboxylic acids is 5. The van der Waals surface area contributed by atoms with Crippen molar-refractivity contribution < 1.29 is 33.9 Å². The first-order valence-electron chi connectivity index (χ1n) is 8.84. The average Bonchev–Trinajstić information content (AvgIpc) is 2.62. The number of carbonyl (C=O) groups is 6. The molecule has 0 rings (SSSR count). The number of hydrogen-bond donors (Lipinski definition) is 7. The molecule has 0 aliphatic heterocycles. The van der Waals surface area contributed by atoms with Crippen LogP contribution in [0.3, 0.4) is 0 Å². The first-order chi connectivity index (χ1) is 13.9. The third-order valence-electron chi connectivity index (χ3n) is 3.72. The van der Waals surface area contributed by atoms with Crippen molar-refractivity contribution in [2.75, 3.05) is 12.0 Å². The molecule has 14 heteroatoms. The van der Waals surface area contributed by atoms with Crippen LogP contribution in [0.1, 0.15) is 26.2 Å². The number of aliphatic carboxylic acids is 1. The molecule has 0 bridgehead atoms. The Balaban J connectivity index is 5.42. The second-order valence-corrected chi connectivity index (χ2v) is 7.42. The molecule has 0 aromatic rings. The summed E-state index contributed by atoms with van der Waals surface area (Å²) in [6.07, 6.45) is 0.675. The molecule has 0 saturated heterocycles. The van der Waals surface area contributed by atoms with E-state index in [-0.39, 0.29) is 6.42 Å². The fraction of sp³-hybridized carbons (Fsp3) is 0.625. The highest BCUT2D eigenvalue weighted by Crippen LogP contribution is 2.04. The molecule has 5 amide bonds. The second-order valence-electron chi connectivity index (χ2n) is 6.43. The van der Waals surface area contributed by atoms with Crippen molar-refractivity contribution in [1.29, 1.82) is 0 Å². The number of hydrogen-bond acceptors (Lipinski definition) is 8. The summed E-state index contributed by atoms with van der Waals surface area (Å²) in [6.45, 7) is 1.37. The van der Waals surface area contributed by atoms with Crippen LogP contribution < -0.4 is 33.2 Å². The minimum atomic E-state index is -1.58. The molecule has 0 aromatic carbocycles. The van der Waals surface area contributed by atoms with Crippen molar-refractivity contribution in [3.63, 3.8) is 0 Å². The first-order valence-corrected chi connectivity index (χ1v) is 10.2. The highest BCUT2D eigenvalue weighted by atomic mass is 32.2. The number of rotatable bonds is 14. The Hall–Kier alpha value is -2.87. The number of nitrogens with one attached hydrogen (secondary N) is 3. The molecule has 30 heavy (non-hydrogen) atoms.